The molecule has 6 nitrogen and oxygen atoms in total. The maximum atomic E-state index is 12.7. The van der Waals surface area contributed by atoms with Crippen molar-refractivity contribution >= 4 is 21.6 Å². The predicted molar refractivity (Wildman–Crippen MR) is 81.5 cm³/mol. The molecule has 10 heteroatoms. The molecule has 0 aliphatic carbocycles. The summed E-state index contributed by atoms with van der Waals surface area (Å²) in [6, 6.07) is 0.471. The molecular weight excluding hydrogens is 352 g/mol. The van der Waals surface area contributed by atoms with Crippen molar-refractivity contribution in [3.05, 3.63) is 17.3 Å². The van der Waals surface area contributed by atoms with Gasteiger partial charge in [-0.3, -0.25) is 4.90 Å². The van der Waals surface area contributed by atoms with Crippen LogP contribution in [0.4, 0.5) is 8.78 Å². The maximum absolute atomic E-state index is 12.7. The largest absolute Gasteiger partial charge is 0.476 e. The number of ether oxygens (including phenoxy) is 1. The van der Waals surface area contributed by atoms with E-state index < -0.39 is 29.4 Å². The number of hydrogen-bond acceptors (Lipinski definition) is 5. The van der Waals surface area contributed by atoms with Crippen molar-refractivity contribution in [2.24, 2.45) is 11.1 Å². The zero-order chi connectivity index (χ0) is 17.0. The molecule has 1 aliphatic heterocycles. The highest BCUT2D eigenvalue weighted by atomic mass is 35.5. The van der Waals surface area contributed by atoms with Crippen LogP contribution in [0.2, 0.25) is 5.02 Å². The topological polar surface area (TPSA) is 85.5 Å². The number of aromatic nitrogens is 1. The summed E-state index contributed by atoms with van der Waals surface area (Å²) in [5.41, 5.74) is 0. The van der Waals surface area contributed by atoms with E-state index >= 15 is 0 Å². The second-order valence-corrected chi connectivity index (χ2v) is 7.39. The van der Waals surface area contributed by atoms with Crippen molar-refractivity contribution < 1.29 is 21.9 Å². The number of pyridine rings is 1. The Balaban J connectivity index is 1.92. The van der Waals surface area contributed by atoms with Crippen molar-refractivity contribution in [3.8, 4) is 5.88 Å². The molecule has 0 spiro atoms. The number of sulfonamides is 1. The molecule has 0 unspecified atom stereocenters. The molecule has 0 radical (unpaired) electrons. The van der Waals surface area contributed by atoms with E-state index in [4.69, 9.17) is 21.5 Å². The quantitative estimate of drug-likeness (QED) is 0.785. The fourth-order valence-corrected chi connectivity index (χ4v) is 3.20. The second kappa shape index (κ2) is 7.69. The van der Waals surface area contributed by atoms with Crippen LogP contribution >= 0.6 is 11.6 Å². The molecule has 1 fully saturated rings. The van der Waals surface area contributed by atoms with E-state index in [-0.39, 0.29) is 28.3 Å². The minimum Gasteiger partial charge on any atom is -0.476 e. The molecule has 130 valence electrons. The van der Waals surface area contributed by atoms with E-state index in [2.05, 4.69) is 4.98 Å². The summed E-state index contributed by atoms with van der Waals surface area (Å²) in [5.74, 6) is 0.205. The minimum absolute atomic E-state index is 0.0387. The van der Waals surface area contributed by atoms with Gasteiger partial charge in [0.25, 0.3) is 0 Å². The van der Waals surface area contributed by atoms with Crippen molar-refractivity contribution in [1.82, 2.24) is 9.88 Å². The van der Waals surface area contributed by atoms with Crippen molar-refractivity contribution in [1.29, 1.82) is 0 Å². The average Bonchev–Trinajstić information content (AvgIpc) is 2.95. The van der Waals surface area contributed by atoms with Gasteiger partial charge < -0.3 is 4.74 Å². The van der Waals surface area contributed by atoms with Crippen LogP contribution in [0.5, 0.6) is 5.88 Å². The summed E-state index contributed by atoms with van der Waals surface area (Å²) < 4.78 is 53.2. The van der Waals surface area contributed by atoms with Crippen LogP contribution in [0.15, 0.2) is 17.2 Å². The van der Waals surface area contributed by atoms with Gasteiger partial charge in [-0.15, -0.1) is 0 Å². The van der Waals surface area contributed by atoms with E-state index in [1.54, 1.807) is 4.90 Å². The first-order valence-corrected chi connectivity index (χ1v) is 8.94. The molecule has 1 aromatic rings. The first kappa shape index (κ1) is 18.3. The van der Waals surface area contributed by atoms with Gasteiger partial charge >= 0.3 is 0 Å². The van der Waals surface area contributed by atoms with Crippen LogP contribution in [-0.4, -0.2) is 57.4 Å². The highest BCUT2D eigenvalue weighted by molar-refractivity contribution is 7.89. The third-order valence-corrected chi connectivity index (χ3v) is 4.91. The lowest BCUT2D eigenvalue weighted by Gasteiger charge is -2.22. The lowest BCUT2D eigenvalue weighted by Crippen LogP contribution is -2.37. The zero-order valence-corrected chi connectivity index (χ0v) is 13.9. The second-order valence-electron chi connectivity index (χ2n) is 5.43. The van der Waals surface area contributed by atoms with Gasteiger partial charge in [-0.2, -0.15) is 0 Å². The Morgan fingerprint density at radius 1 is 1.48 bits per heavy atom. The fraction of sp³-hybridized carbons (Fsp3) is 0.615. The highest BCUT2D eigenvalue weighted by Gasteiger charge is 2.29. The monoisotopic (exact) mass is 369 g/mol. The molecule has 23 heavy (non-hydrogen) atoms. The molecule has 0 saturated carbocycles. The van der Waals surface area contributed by atoms with E-state index in [0.29, 0.717) is 13.1 Å². The van der Waals surface area contributed by atoms with Crippen molar-refractivity contribution in [2.45, 2.75) is 17.4 Å². The molecule has 0 aromatic carbocycles. The number of halogens is 3. The maximum Gasteiger partial charge on any atom is 0.239 e. The Morgan fingerprint density at radius 3 is 2.74 bits per heavy atom. The summed E-state index contributed by atoms with van der Waals surface area (Å²) in [6.45, 7) is -0.00829. The predicted octanol–water partition coefficient (Wildman–Crippen LogP) is 1.39. The lowest BCUT2D eigenvalue weighted by molar-refractivity contribution is 0.154. The van der Waals surface area contributed by atoms with Crippen LogP contribution in [-0.2, 0) is 10.0 Å². The Labute approximate surface area is 138 Å². The fourth-order valence-electron chi connectivity index (χ4n) is 2.43. The van der Waals surface area contributed by atoms with Crippen LogP contribution in [0.25, 0.3) is 0 Å². The highest BCUT2D eigenvalue weighted by Crippen LogP contribution is 2.26. The van der Waals surface area contributed by atoms with Gasteiger partial charge in [0.1, 0.15) is 23.3 Å². The summed E-state index contributed by atoms with van der Waals surface area (Å²) in [4.78, 5) is 5.40. The minimum atomic E-state index is -3.88. The number of hydrogen-bond donors (Lipinski definition) is 1. The van der Waals surface area contributed by atoms with Gasteiger partial charge in [0, 0.05) is 12.5 Å². The van der Waals surface area contributed by atoms with Gasteiger partial charge in [-0.05, 0) is 19.0 Å². The molecule has 2 N–H and O–H groups in total. The zero-order valence-electron chi connectivity index (χ0n) is 12.3. The summed E-state index contributed by atoms with van der Waals surface area (Å²) in [5, 5.41) is 5.02. The van der Waals surface area contributed by atoms with E-state index in [1.165, 1.54) is 6.07 Å². The number of rotatable bonds is 7. The molecule has 1 aromatic heterocycles. The Bertz CT molecular complexity index is 643. The molecule has 1 aliphatic rings. The molecule has 2 heterocycles. The molecule has 1 saturated heterocycles. The molecule has 0 amide bonds. The van der Waals surface area contributed by atoms with Crippen LogP contribution < -0.4 is 9.88 Å². The van der Waals surface area contributed by atoms with Crippen LogP contribution in [0.3, 0.4) is 0 Å². The van der Waals surface area contributed by atoms with Gasteiger partial charge in [0.2, 0.25) is 15.9 Å². The standard InChI is InChI=1S/C13H18ClF2N3O3S/c14-12-3-11(23(17,20)21)6-18-13(12)22-8-9-1-2-19(7-9)10(4-15)5-16/h3,6,9-10H,1-2,4-5,7-8H2,(H2,17,20,21)/t9-/m1/s1. The first-order chi connectivity index (χ1) is 10.8. The Morgan fingerprint density at radius 2 is 2.17 bits per heavy atom. The van der Waals surface area contributed by atoms with E-state index in [9.17, 15) is 17.2 Å². The number of primary sulfonamides is 1. The summed E-state index contributed by atoms with van der Waals surface area (Å²) in [7, 11) is -3.88. The normalized spacial score (nSPS) is 19.4. The molecule has 1 atom stereocenters. The van der Waals surface area contributed by atoms with Crippen molar-refractivity contribution in [2.75, 3.05) is 33.0 Å². The third kappa shape index (κ3) is 4.72. The van der Waals surface area contributed by atoms with E-state index in [1.807, 2.05) is 0 Å². The van der Waals surface area contributed by atoms with Crippen molar-refractivity contribution in [3.63, 3.8) is 0 Å². The number of likely N-dealkylation sites (tertiary alicyclic amines) is 1. The lowest BCUT2D eigenvalue weighted by atomic mass is 10.1. The molecular formula is C13H18ClF2N3O3S. The van der Waals surface area contributed by atoms with Gasteiger partial charge in [0.05, 0.1) is 18.8 Å². The van der Waals surface area contributed by atoms with Crippen LogP contribution in [0, 0.1) is 5.92 Å². The molecule has 2 rings (SSSR count). The summed E-state index contributed by atoms with van der Waals surface area (Å²) in [6.07, 6.45) is 1.82. The summed E-state index contributed by atoms with van der Waals surface area (Å²) >= 11 is 5.93. The first-order valence-electron chi connectivity index (χ1n) is 7.02. The number of nitrogens with two attached hydrogens (primary N) is 1. The Kier molecular flexibility index (Phi) is 6.12. The Hall–Kier alpha value is -1.03. The van der Waals surface area contributed by atoms with Gasteiger partial charge in [-0.1, -0.05) is 11.6 Å². The number of nitrogens with zero attached hydrogens (tertiary/aromatic N) is 2. The van der Waals surface area contributed by atoms with Gasteiger partial charge in [0.15, 0.2) is 0 Å². The van der Waals surface area contributed by atoms with Crippen LogP contribution in [0.1, 0.15) is 6.42 Å². The number of alkyl halides is 2. The van der Waals surface area contributed by atoms with Gasteiger partial charge in [-0.25, -0.2) is 27.3 Å². The molecule has 0 bridgehead atoms. The van der Waals surface area contributed by atoms with E-state index in [0.717, 1.165) is 12.6 Å². The third-order valence-electron chi connectivity index (χ3n) is 3.76. The smallest absolute Gasteiger partial charge is 0.239 e. The SMILES string of the molecule is NS(=O)(=O)c1cnc(OC[C@@H]2CCN(C(CF)CF)C2)c(Cl)c1. The average molecular weight is 370 g/mol.